The smallest absolute Gasteiger partial charge is 0.121 e. The van der Waals surface area contributed by atoms with Gasteiger partial charge in [-0.15, -0.1) is 12.4 Å². The summed E-state index contributed by atoms with van der Waals surface area (Å²) in [7, 11) is 1.64. The van der Waals surface area contributed by atoms with Crippen molar-refractivity contribution in [3.8, 4) is 5.75 Å². The fraction of sp³-hybridized carbons (Fsp3) is 0.222. The van der Waals surface area contributed by atoms with Crippen LogP contribution in [0.15, 0.2) is 18.2 Å². The zero-order valence-corrected chi connectivity index (χ0v) is 8.60. The van der Waals surface area contributed by atoms with Crippen molar-refractivity contribution in [1.29, 1.82) is 0 Å². The SMILES string of the molecule is COc1ccc2[nH]c(CN)nc2c1.Cl. The molecule has 1 aromatic heterocycles. The molecule has 0 fully saturated rings. The minimum atomic E-state index is 0. The third-order valence-corrected chi connectivity index (χ3v) is 1.93. The van der Waals surface area contributed by atoms with Gasteiger partial charge in [-0.25, -0.2) is 4.98 Å². The Morgan fingerprint density at radius 1 is 1.50 bits per heavy atom. The highest BCUT2D eigenvalue weighted by Crippen LogP contribution is 2.18. The minimum absolute atomic E-state index is 0. The Kier molecular flexibility index (Phi) is 3.33. The van der Waals surface area contributed by atoms with E-state index >= 15 is 0 Å². The molecule has 0 bridgehead atoms. The Morgan fingerprint density at radius 3 is 2.93 bits per heavy atom. The number of fused-ring (bicyclic) bond motifs is 1. The van der Waals surface area contributed by atoms with Crippen molar-refractivity contribution < 1.29 is 4.74 Å². The summed E-state index contributed by atoms with van der Waals surface area (Å²) in [5.74, 6) is 1.60. The fourth-order valence-electron chi connectivity index (χ4n) is 1.26. The van der Waals surface area contributed by atoms with E-state index in [0.29, 0.717) is 6.54 Å². The van der Waals surface area contributed by atoms with Gasteiger partial charge in [0.2, 0.25) is 0 Å². The number of ether oxygens (including phenoxy) is 1. The topological polar surface area (TPSA) is 63.9 Å². The molecule has 0 aliphatic carbocycles. The maximum Gasteiger partial charge on any atom is 0.121 e. The molecule has 0 saturated carbocycles. The van der Waals surface area contributed by atoms with Gasteiger partial charge in [0.15, 0.2) is 0 Å². The van der Waals surface area contributed by atoms with Gasteiger partial charge in [-0.1, -0.05) is 0 Å². The molecular weight excluding hydrogens is 202 g/mol. The van der Waals surface area contributed by atoms with Crippen molar-refractivity contribution in [3.05, 3.63) is 24.0 Å². The van der Waals surface area contributed by atoms with Crippen LogP contribution < -0.4 is 10.5 Å². The summed E-state index contributed by atoms with van der Waals surface area (Å²) in [6.45, 7) is 0.428. The van der Waals surface area contributed by atoms with Crippen molar-refractivity contribution in [2.45, 2.75) is 6.54 Å². The number of aromatic nitrogens is 2. The maximum absolute atomic E-state index is 5.46. The Bertz CT molecular complexity index is 425. The lowest BCUT2D eigenvalue weighted by Crippen LogP contribution is -1.97. The lowest BCUT2D eigenvalue weighted by Gasteiger charge is -1.96. The number of rotatable bonds is 2. The molecule has 2 aromatic rings. The van der Waals surface area contributed by atoms with Crippen LogP contribution in [0.2, 0.25) is 0 Å². The molecule has 76 valence electrons. The molecule has 14 heavy (non-hydrogen) atoms. The first-order valence-electron chi connectivity index (χ1n) is 4.06. The number of nitrogens with zero attached hydrogens (tertiary/aromatic N) is 1. The highest BCUT2D eigenvalue weighted by molar-refractivity contribution is 5.85. The molecule has 0 unspecified atom stereocenters. The van der Waals surface area contributed by atoms with Crippen LogP contribution in [0, 0.1) is 0 Å². The molecule has 0 amide bonds. The average Bonchev–Trinajstić information content (AvgIpc) is 2.58. The summed E-state index contributed by atoms with van der Waals surface area (Å²) in [6.07, 6.45) is 0. The number of halogens is 1. The van der Waals surface area contributed by atoms with Gasteiger partial charge < -0.3 is 15.5 Å². The van der Waals surface area contributed by atoms with Crippen LogP contribution in [-0.4, -0.2) is 17.1 Å². The molecule has 1 aromatic carbocycles. The van der Waals surface area contributed by atoms with Crippen molar-refractivity contribution in [2.24, 2.45) is 5.73 Å². The molecule has 0 atom stereocenters. The number of imidazole rings is 1. The predicted octanol–water partition coefficient (Wildman–Crippen LogP) is 1.45. The number of hydrogen-bond acceptors (Lipinski definition) is 3. The first kappa shape index (κ1) is 10.8. The molecular formula is C9H12ClN3O. The largest absolute Gasteiger partial charge is 0.497 e. The van der Waals surface area contributed by atoms with Crippen LogP contribution in [0.5, 0.6) is 5.75 Å². The van der Waals surface area contributed by atoms with Gasteiger partial charge in [0.25, 0.3) is 0 Å². The first-order chi connectivity index (χ1) is 6.33. The summed E-state index contributed by atoms with van der Waals surface area (Å²) in [4.78, 5) is 7.38. The van der Waals surface area contributed by atoms with E-state index in [4.69, 9.17) is 10.5 Å². The second-order valence-corrected chi connectivity index (χ2v) is 2.77. The van der Waals surface area contributed by atoms with E-state index in [-0.39, 0.29) is 12.4 Å². The molecule has 5 heteroatoms. The second-order valence-electron chi connectivity index (χ2n) is 2.77. The van der Waals surface area contributed by atoms with E-state index in [1.54, 1.807) is 7.11 Å². The van der Waals surface area contributed by atoms with E-state index in [2.05, 4.69) is 9.97 Å². The third-order valence-electron chi connectivity index (χ3n) is 1.93. The first-order valence-corrected chi connectivity index (χ1v) is 4.06. The third kappa shape index (κ3) is 1.81. The fourth-order valence-corrected chi connectivity index (χ4v) is 1.26. The standard InChI is InChI=1S/C9H11N3O.ClH/c1-13-6-2-3-7-8(4-6)12-9(5-10)11-7;/h2-4H,5,10H2,1H3,(H,11,12);1H. The van der Waals surface area contributed by atoms with Crippen molar-refractivity contribution in [1.82, 2.24) is 9.97 Å². The Labute approximate surface area is 87.9 Å². The van der Waals surface area contributed by atoms with Crippen molar-refractivity contribution in [2.75, 3.05) is 7.11 Å². The summed E-state index contributed by atoms with van der Waals surface area (Å²) in [6, 6.07) is 5.70. The van der Waals surface area contributed by atoms with E-state index in [9.17, 15) is 0 Å². The van der Waals surface area contributed by atoms with Gasteiger partial charge in [0.05, 0.1) is 24.7 Å². The lowest BCUT2D eigenvalue weighted by molar-refractivity contribution is 0.415. The highest BCUT2D eigenvalue weighted by atomic mass is 35.5. The van der Waals surface area contributed by atoms with Crippen molar-refractivity contribution in [3.63, 3.8) is 0 Å². The number of nitrogens with one attached hydrogen (secondary N) is 1. The number of benzene rings is 1. The summed E-state index contributed by atoms with van der Waals surface area (Å²) >= 11 is 0. The molecule has 1 heterocycles. The Balaban J connectivity index is 0.000000980. The summed E-state index contributed by atoms with van der Waals surface area (Å²) in [5.41, 5.74) is 7.34. The number of H-pyrrole nitrogens is 1. The number of aromatic amines is 1. The quantitative estimate of drug-likeness (QED) is 0.794. The molecule has 0 saturated heterocycles. The molecule has 0 radical (unpaired) electrons. The van der Waals surface area contributed by atoms with E-state index in [0.717, 1.165) is 22.6 Å². The molecule has 0 aliphatic heterocycles. The molecule has 3 N–H and O–H groups in total. The second kappa shape index (κ2) is 4.30. The molecule has 2 rings (SSSR count). The zero-order chi connectivity index (χ0) is 9.26. The zero-order valence-electron chi connectivity index (χ0n) is 7.78. The van der Waals surface area contributed by atoms with E-state index in [1.807, 2.05) is 18.2 Å². The normalized spacial score (nSPS) is 9.86. The minimum Gasteiger partial charge on any atom is -0.497 e. The van der Waals surface area contributed by atoms with Crippen LogP contribution >= 0.6 is 12.4 Å². The van der Waals surface area contributed by atoms with E-state index in [1.165, 1.54) is 0 Å². The van der Waals surface area contributed by atoms with Crippen molar-refractivity contribution >= 4 is 23.4 Å². The van der Waals surface area contributed by atoms with Gasteiger partial charge in [-0.05, 0) is 12.1 Å². The van der Waals surface area contributed by atoms with Gasteiger partial charge in [0, 0.05) is 6.07 Å². The summed E-state index contributed by atoms with van der Waals surface area (Å²) < 4.78 is 5.08. The highest BCUT2D eigenvalue weighted by Gasteiger charge is 2.01. The van der Waals surface area contributed by atoms with Gasteiger partial charge in [0.1, 0.15) is 11.6 Å². The number of methoxy groups -OCH3 is 1. The maximum atomic E-state index is 5.46. The summed E-state index contributed by atoms with van der Waals surface area (Å²) in [5, 5.41) is 0. The van der Waals surface area contributed by atoms with Crippen LogP contribution in [0.1, 0.15) is 5.82 Å². The Morgan fingerprint density at radius 2 is 2.29 bits per heavy atom. The van der Waals surface area contributed by atoms with Crippen LogP contribution in [0.3, 0.4) is 0 Å². The van der Waals surface area contributed by atoms with E-state index < -0.39 is 0 Å². The molecule has 0 aliphatic rings. The van der Waals surface area contributed by atoms with Crippen LogP contribution in [0.25, 0.3) is 11.0 Å². The van der Waals surface area contributed by atoms with Gasteiger partial charge in [-0.3, -0.25) is 0 Å². The number of hydrogen-bond donors (Lipinski definition) is 2. The Hall–Kier alpha value is -1.26. The van der Waals surface area contributed by atoms with Crippen LogP contribution in [-0.2, 0) is 6.54 Å². The molecule has 4 nitrogen and oxygen atoms in total. The van der Waals surface area contributed by atoms with Gasteiger partial charge >= 0.3 is 0 Å². The average molecular weight is 214 g/mol. The molecule has 0 spiro atoms. The lowest BCUT2D eigenvalue weighted by atomic mass is 10.3. The van der Waals surface area contributed by atoms with Crippen LogP contribution in [0.4, 0.5) is 0 Å². The van der Waals surface area contributed by atoms with Gasteiger partial charge in [-0.2, -0.15) is 0 Å². The number of nitrogens with two attached hydrogens (primary N) is 1. The monoisotopic (exact) mass is 213 g/mol. The predicted molar refractivity (Wildman–Crippen MR) is 57.8 cm³/mol.